The fourth-order valence-corrected chi connectivity index (χ4v) is 5.17. The predicted octanol–water partition coefficient (Wildman–Crippen LogP) is 3.66. The molecule has 31 heavy (non-hydrogen) atoms. The highest BCUT2D eigenvalue weighted by molar-refractivity contribution is 7.89. The Morgan fingerprint density at radius 1 is 1.13 bits per heavy atom. The van der Waals surface area contributed by atoms with Crippen LogP contribution in [0.25, 0.3) is 0 Å². The molecule has 7 nitrogen and oxygen atoms in total. The largest absolute Gasteiger partial charge is 0.497 e. The number of sulfonamides is 1. The summed E-state index contributed by atoms with van der Waals surface area (Å²) in [5.74, 6) is 0.703. The van der Waals surface area contributed by atoms with Gasteiger partial charge in [0.25, 0.3) is 0 Å². The summed E-state index contributed by atoms with van der Waals surface area (Å²) >= 11 is 0. The van der Waals surface area contributed by atoms with E-state index in [1.165, 1.54) is 29.6 Å². The number of ether oxygens (including phenoxy) is 2. The summed E-state index contributed by atoms with van der Waals surface area (Å²) in [6.45, 7) is 0.717. The van der Waals surface area contributed by atoms with Crippen LogP contribution >= 0.6 is 0 Å². The molecule has 1 aliphatic rings. The maximum Gasteiger partial charge on any atom is 0.243 e. The quantitative estimate of drug-likeness (QED) is 0.664. The highest BCUT2D eigenvalue weighted by Crippen LogP contribution is 2.30. The van der Waals surface area contributed by atoms with E-state index >= 15 is 0 Å². The zero-order chi connectivity index (χ0) is 22.4. The Balaban J connectivity index is 1.50. The van der Waals surface area contributed by atoms with E-state index in [2.05, 4.69) is 5.32 Å². The van der Waals surface area contributed by atoms with Crippen molar-refractivity contribution in [3.63, 3.8) is 0 Å². The van der Waals surface area contributed by atoms with Crippen molar-refractivity contribution in [2.45, 2.75) is 30.6 Å². The second kappa shape index (κ2) is 10.1. The molecule has 1 N–H and O–H groups in total. The first-order valence-corrected chi connectivity index (χ1v) is 11.5. The molecule has 0 atom stereocenters. The molecule has 0 radical (unpaired) electrons. The Morgan fingerprint density at radius 2 is 1.87 bits per heavy atom. The third-order valence-electron chi connectivity index (χ3n) is 5.47. The van der Waals surface area contributed by atoms with Crippen molar-refractivity contribution in [2.75, 3.05) is 32.6 Å². The van der Waals surface area contributed by atoms with Crippen molar-refractivity contribution in [1.82, 2.24) is 4.31 Å². The van der Waals surface area contributed by atoms with Gasteiger partial charge < -0.3 is 14.8 Å². The number of halogens is 1. The monoisotopic (exact) mass is 450 g/mol. The number of nitrogens with zero attached hydrogens (tertiary/aromatic N) is 1. The smallest absolute Gasteiger partial charge is 0.243 e. The molecule has 0 aromatic heterocycles. The summed E-state index contributed by atoms with van der Waals surface area (Å²) in [7, 11) is -0.622. The Hall–Kier alpha value is -2.65. The predicted molar refractivity (Wildman–Crippen MR) is 115 cm³/mol. The van der Waals surface area contributed by atoms with Crippen molar-refractivity contribution in [3.05, 3.63) is 48.3 Å². The van der Waals surface area contributed by atoms with Crippen LogP contribution in [0.4, 0.5) is 10.1 Å². The lowest BCUT2D eigenvalue weighted by Gasteiger charge is -2.31. The summed E-state index contributed by atoms with van der Waals surface area (Å²) in [6, 6.07) is 10.2. The third-order valence-corrected chi connectivity index (χ3v) is 7.36. The molecule has 0 unspecified atom stereocenters. The van der Waals surface area contributed by atoms with Gasteiger partial charge in [0, 0.05) is 25.6 Å². The van der Waals surface area contributed by atoms with Crippen LogP contribution in [-0.2, 0) is 14.8 Å². The van der Waals surface area contributed by atoms with E-state index in [9.17, 15) is 17.6 Å². The van der Waals surface area contributed by atoms with Crippen molar-refractivity contribution < 1.29 is 27.1 Å². The lowest BCUT2D eigenvalue weighted by molar-refractivity contribution is -0.116. The SMILES string of the molecule is COc1ccc(NC(=O)CCC2CCN(S(=O)(=O)c3cccc(F)c3)CC2)c(OC)c1. The van der Waals surface area contributed by atoms with E-state index in [0.717, 1.165) is 6.07 Å². The highest BCUT2D eigenvalue weighted by Gasteiger charge is 2.29. The van der Waals surface area contributed by atoms with Crippen LogP contribution in [0.3, 0.4) is 0 Å². The average Bonchev–Trinajstić information content (AvgIpc) is 2.78. The average molecular weight is 451 g/mol. The Bertz CT molecular complexity index is 1020. The molecule has 168 valence electrons. The molecule has 9 heteroatoms. The maximum absolute atomic E-state index is 13.4. The number of nitrogens with one attached hydrogen (secondary N) is 1. The van der Waals surface area contributed by atoms with Gasteiger partial charge in [-0.05, 0) is 55.5 Å². The van der Waals surface area contributed by atoms with Crippen LogP contribution in [0.1, 0.15) is 25.7 Å². The summed E-state index contributed by atoms with van der Waals surface area (Å²) in [5.41, 5.74) is 0.573. The van der Waals surface area contributed by atoms with Gasteiger partial charge in [0.05, 0.1) is 24.8 Å². The molecule has 1 amide bonds. The minimum absolute atomic E-state index is 0.0289. The summed E-state index contributed by atoms with van der Waals surface area (Å²) in [4.78, 5) is 12.3. The number of hydrogen-bond donors (Lipinski definition) is 1. The van der Waals surface area contributed by atoms with Gasteiger partial charge >= 0.3 is 0 Å². The third kappa shape index (κ3) is 5.74. The molecule has 2 aromatic rings. The molecule has 1 fully saturated rings. The van der Waals surface area contributed by atoms with Crippen LogP contribution in [0.5, 0.6) is 11.5 Å². The lowest BCUT2D eigenvalue weighted by Crippen LogP contribution is -2.38. The number of hydrogen-bond acceptors (Lipinski definition) is 5. The minimum atomic E-state index is -3.70. The Morgan fingerprint density at radius 3 is 2.52 bits per heavy atom. The number of amides is 1. The van der Waals surface area contributed by atoms with Gasteiger partial charge in [-0.1, -0.05) is 6.07 Å². The van der Waals surface area contributed by atoms with E-state index in [-0.39, 0.29) is 16.7 Å². The van der Waals surface area contributed by atoms with Crippen LogP contribution in [-0.4, -0.2) is 45.9 Å². The van der Waals surface area contributed by atoms with E-state index in [0.29, 0.717) is 56.0 Å². The molecule has 1 aliphatic heterocycles. The van der Waals surface area contributed by atoms with Crippen molar-refractivity contribution >= 4 is 21.6 Å². The zero-order valence-corrected chi connectivity index (χ0v) is 18.5. The molecular formula is C22H27FN2O5S. The van der Waals surface area contributed by atoms with Crippen LogP contribution in [0.15, 0.2) is 47.4 Å². The Labute approximate surface area is 182 Å². The van der Waals surface area contributed by atoms with Crippen LogP contribution < -0.4 is 14.8 Å². The van der Waals surface area contributed by atoms with Gasteiger partial charge in [0.1, 0.15) is 17.3 Å². The fraction of sp³-hybridized carbons (Fsp3) is 0.409. The standard InChI is InChI=1S/C22H27FN2O5S/c1-29-18-7-8-20(21(15-18)30-2)24-22(26)9-6-16-10-12-25(13-11-16)31(27,28)19-5-3-4-17(23)14-19/h3-5,7-8,14-16H,6,9-13H2,1-2H3,(H,24,26). The topological polar surface area (TPSA) is 84.9 Å². The van der Waals surface area contributed by atoms with Crippen molar-refractivity contribution in [1.29, 1.82) is 0 Å². The highest BCUT2D eigenvalue weighted by atomic mass is 32.2. The molecule has 0 aliphatic carbocycles. The number of piperidine rings is 1. The Kier molecular flexibility index (Phi) is 7.50. The minimum Gasteiger partial charge on any atom is -0.497 e. The second-order valence-corrected chi connectivity index (χ2v) is 9.40. The summed E-state index contributed by atoms with van der Waals surface area (Å²) in [6.07, 6.45) is 2.32. The number of anilines is 1. The number of rotatable bonds is 8. The van der Waals surface area contributed by atoms with Gasteiger partial charge in [-0.2, -0.15) is 4.31 Å². The molecule has 0 saturated carbocycles. The lowest BCUT2D eigenvalue weighted by atomic mass is 9.93. The van der Waals surface area contributed by atoms with E-state index in [1.54, 1.807) is 25.3 Å². The van der Waals surface area contributed by atoms with Gasteiger partial charge in [-0.15, -0.1) is 0 Å². The number of carbonyl (C=O) groups excluding carboxylic acids is 1. The van der Waals surface area contributed by atoms with Crippen molar-refractivity contribution in [2.24, 2.45) is 5.92 Å². The van der Waals surface area contributed by atoms with Gasteiger partial charge in [-0.3, -0.25) is 4.79 Å². The first-order chi connectivity index (χ1) is 14.8. The first-order valence-electron chi connectivity index (χ1n) is 10.1. The fourth-order valence-electron chi connectivity index (χ4n) is 3.66. The maximum atomic E-state index is 13.4. The van der Waals surface area contributed by atoms with Crippen molar-refractivity contribution in [3.8, 4) is 11.5 Å². The molecular weight excluding hydrogens is 423 g/mol. The van der Waals surface area contributed by atoms with E-state index in [1.807, 2.05) is 0 Å². The molecule has 1 saturated heterocycles. The second-order valence-electron chi connectivity index (χ2n) is 7.46. The van der Waals surface area contributed by atoms with Gasteiger partial charge in [-0.25, -0.2) is 12.8 Å². The molecule has 1 heterocycles. The van der Waals surface area contributed by atoms with E-state index in [4.69, 9.17) is 9.47 Å². The van der Waals surface area contributed by atoms with Crippen LogP contribution in [0, 0.1) is 11.7 Å². The van der Waals surface area contributed by atoms with Gasteiger partial charge in [0.15, 0.2) is 0 Å². The number of methoxy groups -OCH3 is 2. The van der Waals surface area contributed by atoms with E-state index < -0.39 is 15.8 Å². The number of benzene rings is 2. The number of carbonyl (C=O) groups is 1. The summed E-state index contributed by atoms with van der Waals surface area (Å²) in [5, 5.41) is 2.85. The molecule has 0 bridgehead atoms. The molecule has 0 spiro atoms. The van der Waals surface area contributed by atoms with Crippen LogP contribution in [0.2, 0.25) is 0 Å². The first kappa shape index (κ1) is 23.0. The zero-order valence-electron chi connectivity index (χ0n) is 17.6. The molecule has 3 rings (SSSR count). The van der Waals surface area contributed by atoms with Gasteiger partial charge in [0.2, 0.25) is 15.9 Å². The molecule has 2 aromatic carbocycles. The summed E-state index contributed by atoms with van der Waals surface area (Å²) < 4.78 is 50.6. The normalized spacial score (nSPS) is 15.5.